The first-order valence-corrected chi connectivity index (χ1v) is 6.45. The molecular formula is C12H19N5O2. The van der Waals surface area contributed by atoms with Gasteiger partial charge in [-0.05, 0) is 13.3 Å². The lowest BCUT2D eigenvalue weighted by molar-refractivity contribution is -0.114. The number of hydrogen-bond donors (Lipinski definition) is 2. The minimum atomic E-state index is -0.138. The number of urea groups is 1. The van der Waals surface area contributed by atoms with E-state index >= 15 is 0 Å². The van der Waals surface area contributed by atoms with Crippen LogP contribution < -0.4 is 10.6 Å². The normalized spacial score (nSPS) is 18.4. The summed E-state index contributed by atoms with van der Waals surface area (Å²) >= 11 is 0. The number of likely N-dealkylation sites (tertiary alicyclic amines) is 1. The van der Waals surface area contributed by atoms with Crippen LogP contribution in [0.15, 0.2) is 12.3 Å². The minimum Gasteiger partial charge on any atom is -0.338 e. The summed E-state index contributed by atoms with van der Waals surface area (Å²) in [7, 11) is 0. The van der Waals surface area contributed by atoms with Gasteiger partial charge in [0.25, 0.3) is 0 Å². The van der Waals surface area contributed by atoms with Crippen LogP contribution in [0, 0.1) is 0 Å². The molecule has 1 saturated heterocycles. The van der Waals surface area contributed by atoms with Crippen LogP contribution in [0.5, 0.6) is 0 Å². The number of carbonyl (C=O) groups is 2. The molecule has 7 nitrogen and oxygen atoms in total. The second-order valence-electron chi connectivity index (χ2n) is 4.59. The number of rotatable bonds is 3. The molecule has 19 heavy (non-hydrogen) atoms. The van der Waals surface area contributed by atoms with E-state index in [4.69, 9.17) is 0 Å². The Morgan fingerprint density at radius 2 is 2.32 bits per heavy atom. The Morgan fingerprint density at radius 3 is 3.00 bits per heavy atom. The maximum atomic E-state index is 11.7. The smallest absolute Gasteiger partial charge is 0.317 e. The molecule has 7 heteroatoms. The van der Waals surface area contributed by atoms with Gasteiger partial charge in [-0.25, -0.2) is 4.79 Å². The van der Waals surface area contributed by atoms with Gasteiger partial charge in [0.1, 0.15) is 0 Å². The van der Waals surface area contributed by atoms with Gasteiger partial charge in [-0.15, -0.1) is 0 Å². The zero-order chi connectivity index (χ0) is 13.8. The summed E-state index contributed by atoms with van der Waals surface area (Å²) in [4.78, 5) is 24.4. The second kappa shape index (κ2) is 5.73. The Morgan fingerprint density at radius 1 is 1.53 bits per heavy atom. The van der Waals surface area contributed by atoms with Gasteiger partial charge in [-0.3, -0.25) is 9.48 Å². The summed E-state index contributed by atoms with van der Waals surface area (Å²) in [5.74, 6) is 0.407. The SMILES string of the molecule is CCNC(=O)N1CCC(n2ccc(NC(C)=O)n2)C1. The van der Waals surface area contributed by atoms with Crippen LogP contribution in [0.2, 0.25) is 0 Å². The topological polar surface area (TPSA) is 79.3 Å². The van der Waals surface area contributed by atoms with Crippen molar-refractivity contribution in [2.45, 2.75) is 26.3 Å². The van der Waals surface area contributed by atoms with E-state index in [1.807, 2.05) is 17.8 Å². The first kappa shape index (κ1) is 13.4. The van der Waals surface area contributed by atoms with Crippen LogP contribution in [-0.2, 0) is 4.79 Å². The van der Waals surface area contributed by atoms with E-state index in [1.165, 1.54) is 6.92 Å². The molecule has 1 fully saturated rings. The highest BCUT2D eigenvalue weighted by molar-refractivity contribution is 5.87. The maximum Gasteiger partial charge on any atom is 0.317 e. The molecule has 0 saturated carbocycles. The van der Waals surface area contributed by atoms with Crippen molar-refractivity contribution in [2.24, 2.45) is 0 Å². The molecule has 104 valence electrons. The highest BCUT2D eigenvalue weighted by atomic mass is 16.2. The van der Waals surface area contributed by atoms with Crippen molar-refractivity contribution in [3.05, 3.63) is 12.3 Å². The summed E-state index contributed by atoms with van der Waals surface area (Å²) in [5.41, 5.74) is 0. The molecule has 1 unspecified atom stereocenters. The number of hydrogen-bond acceptors (Lipinski definition) is 3. The summed E-state index contributed by atoms with van der Waals surface area (Å²) in [5, 5.41) is 9.73. The van der Waals surface area contributed by atoms with Gasteiger partial charge in [-0.1, -0.05) is 0 Å². The van der Waals surface area contributed by atoms with Crippen molar-refractivity contribution in [2.75, 3.05) is 25.0 Å². The second-order valence-corrected chi connectivity index (χ2v) is 4.59. The Bertz CT molecular complexity index is 470. The van der Waals surface area contributed by atoms with Gasteiger partial charge >= 0.3 is 6.03 Å². The quantitative estimate of drug-likeness (QED) is 0.849. The summed E-state index contributed by atoms with van der Waals surface area (Å²) in [6.45, 7) is 5.36. The number of carbonyl (C=O) groups excluding carboxylic acids is 2. The van der Waals surface area contributed by atoms with Crippen LogP contribution in [0.25, 0.3) is 0 Å². The number of nitrogens with zero attached hydrogens (tertiary/aromatic N) is 3. The van der Waals surface area contributed by atoms with Crippen molar-refractivity contribution in [3.8, 4) is 0 Å². The molecule has 2 heterocycles. The highest BCUT2D eigenvalue weighted by Gasteiger charge is 2.27. The van der Waals surface area contributed by atoms with Gasteiger partial charge in [0.15, 0.2) is 5.82 Å². The number of amides is 3. The van der Waals surface area contributed by atoms with Gasteiger partial charge in [0.2, 0.25) is 5.91 Å². The molecule has 0 bridgehead atoms. The molecule has 0 spiro atoms. The Balaban J connectivity index is 1.95. The van der Waals surface area contributed by atoms with Gasteiger partial charge in [0.05, 0.1) is 6.04 Å². The Labute approximate surface area is 111 Å². The largest absolute Gasteiger partial charge is 0.338 e. The minimum absolute atomic E-state index is 0.0285. The van der Waals surface area contributed by atoms with Gasteiger partial charge in [-0.2, -0.15) is 5.10 Å². The van der Waals surface area contributed by atoms with E-state index in [1.54, 1.807) is 11.0 Å². The average molecular weight is 265 g/mol. The molecule has 0 aromatic carbocycles. The molecule has 2 rings (SSSR count). The lowest BCUT2D eigenvalue weighted by Crippen LogP contribution is -2.38. The molecule has 1 aliphatic heterocycles. The standard InChI is InChI=1S/C12H19N5O2/c1-3-13-12(19)16-6-4-10(8-16)17-7-5-11(15-17)14-9(2)18/h5,7,10H,3-4,6,8H2,1-2H3,(H,13,19)(H,14,15,18). The zero-order valence-corrected chi connectivity index (χ0v) is 11.2. The zero-order valence-electron chi connectivity index (χ0n) is 11.2. The van der Waals surface area contributed by atoms with Crippen molar-refractivity contribution in [1.82, 2.24) is 20.0 Å². The summed E-state index contributed by atoms with van der Waals surface area (Å²) in [6, 6.07) is 1.90. The van der Waals surface area contributed by atoms with Crippen molar-refractivity contribution in [1.29, 1.82) is 0 Å². The third-order valence-corrected chi connectivity index (χ3v) is 3.07. The van der Waals surface area contributed by atoms with E-state index in [2.05, 4.69) is 15.7 Å². The summed E-state index contributed by atoms with van der Waals surface area (Å²) < 4.78 is 1.81. The van der Waals surface area contributed by atoms with Gasteiger partial charge in [0, 0.05) is 38.8 Å². The molecule has 0 aliphatic carbocycles. The maximum absolute atomic E-state index is 11.7. The third-order valence-electron chi connectivity index (χ3n) is 3.07. The molecule has 1 aromatic rings. The predicted molar refractivity (Wildman–Crippen MR) is 70.8 cm³/mol. The molecule has 3 amide bonds. The third kappa shape index (κ3) is 3.24. The first-order chi connectivity index (χ1) is 9.10. The lowest BCUT2D eigenvalue weighted by atomic mass is 10.3. The fraction of sp³-hybridized carbons (Fsp3) is 0.583. The molecule has 2 N–H and O–H groups in total. The van der Waals surface area contributed by atoms with Crippen LogP contribution in [0.1, 0.15) is 26.3 Å². The number of aromatic nitrogens is 2. The van der Waals surface area contributed by atoms with Crippen LogP contribution >= 0.6 is 0 Å². The number of anilines is 1. The predicted octanol–water partition coefficient (Wildman–Crippen LogP) is 0.818. The van der Waals surface area contributed by atoms with Crippen molar-refractivity contribution < 1.29 is 9.59 Å². The molecule has 1 aromatic heterocycles. The Hall–Kier alpha value is -2.05. The number of nitrogens with one attached hydrogen (secondary N) is 2. The average Bonchev–Trinajstić information content (AvgIpc) is 2.96. The molecule has 0 radical (unpaired) electrons. The highest BCUT2D eigenvalue weighted by Crippen LogP contribution is 2.21. The van der Waals surface area contributed by atoms with Crippen LogP contribution in [-0.4, -0.2) is 46.3 Å². The van der Waals surface area contributed by atoms with E-state index in [-0.39, 0.29) is 18.0 Å². The fourth-order valence-corrected chi connectivity index (χ4v) is 2.19. The van der Waals surface area contributed by atoms with Crippen molar-refractivity contribution in [3.63, 3.8) is 0 Å². The van der Waals surface area contributed by atoms with E-state index in [9.17, 15) is 9.59 Å². The van der Waals surface area contributed by atoms with Crippen molar-refractivity contribution >= 4 is 17.8 Å². The van der Waals surface area contributed by atoms with E-state index in [0.29, 0.717) is 18.9 Å². The van der Waals surface area contributed by atoms with Crippen LogP contribution in [0.4, 0.5) is 10.6 Å². The molecular weight excluding hydrogens is 246 g/mol. The monoisotopic (exact) mass is 265 g/mol. The fourth-order valence-electron chi connectivity index (χ4n) is 2.19. The van der Waals surface area contributed by atoms with E-state index < -0.39 is 0 Å². The summed E-state index contributed by atoms with van der Waals surface area (Å²) in [6.07, 6.45) is 2.70. The van der Waals surface area contributed by atoms with Gasteiger partial charge < -0.3 is 15.5 Å². The Kier molecular flexibility index (Phi) is 4.03. The molecule has 1 aliphatic rings. The lowest BCUT2D eigenvalue weighted by Gasteiger charge is -2.16. The van der Waals surface area contributed by atoms with E-state index in [0.717, 1.165) is 13.0 Å². The first-order valence-electron chi connectivity index (χ1n) is 6.45. The molecule has 1 atom stereocenters. The van der Waals surface area contributed by atoms with Crippen LogP contribution in [0.3, 0.4) is 0 Å².